The van der Waals surface area contributed by atoms with E-state index in [0.29, 0.717) is 35.5 Å². The summed E-state index contributed by atoms with van der Waals surface area (Å²) in [5.74, 6) is 1.99. The molecule has 0 aromatic heterocycles. The molecule has 0 unspecified atom stereocenters. The van der Waals surface area contributed by atoms with E-state index < -0.39 is 0 Å². The Bertz CT molecular complexity index is 652. The molecular weight excluding hydrogens is 382 g/mol. The minimum Gasteiger partial charge on any atom is -0.493 e. The van der Waals surface area contributed by atoms with Crippen LogP contribution >= 0.6 is 27.5 Å². The molecule has 0 amide bonds. The van der Waals surface area contributed by atoms with Gasteiger partial charge in [0, 0.05) is 6.54 Å². The summed E-state index contributed by atoms with van der Waals surface area (Å²) in [5, 5.41) is 3.69. The van der Waals surface area contributed by atoms with Crippen molar-refractivity contribution in [1.29, 1.82) is 0 Å². The minimum absolute atomic E-state index is 0.381. The summed E-state index contributed by atoms with van der Waals surface area (Å²) < 4.78 is 17.7. The molecule has 0 aliphatic heterocycles. The molecule has 2 aromatic rings. The molecule has 0 saturated carbocycles. The van der Waals surface area contributed by atoms with Crippen LogP contribution in [0.4, 0.5) is 0 Å². The van der Waals surface area contributed by atoms with Gasteiger partial charge in [0.2, 0.25) is 0 Å². The molecule has 0 aliphatic rings. The largest absolute Gasteiger partial charge is 0.493 e. The second-order valence-electron chi connectivity index (χ2n) is 4.77. The van der Waals surface area contributed by atoms with Crippen molar-refractivity contribution < 1.29 is 14.2 Å². The highest BCUT2D eigenvalue weighted by Crippen LogP contribution is 2.36. The Hall–Kier alpha value is -1.43. The average molecular weight is 401 g/mol. The third-order valence-electron chi connectivity index (χ3n) is 3.09. The molecule has 124 valence electrons. The zero-order valence-electron chi connectivity index (χ0n) is 13.1. The quantitative estimate of drug-likeness (QED) is 0.671. The van der Waals surface area contributed by atoms with Crippen LogP contribution in [0.15, 0.2) is 40.9 Å². The molecule has 0 spiro atoms. The Kier molecular flexibility index (Phi) is 7.02. The lowest BCUT2D eigenvalue weighted by atomic mass is 10.2. The minimum atomic E-state index is 0.381. The van der Waals surface area contributed by atoms with Gasteiger partial charge in [0.25, 0.3) is 0 Å². The van der Waals surface area contributed by atoms with Gasteiger partial charge in [-0.05, 0) is 52.8 Å². The summed E-state index contributed by atoms with van der Waals surface area (Å²) in [5.41, 5.74) is 1.11. The zero-order chi connectivity index (χ0) is 16.7. The van der Waals surface area contributed by atoms with Gasteiger partial charge in [0.05, 0.1) is 16.6 Å². The highest BCUT2D eigenvalue weighted by Gasteiger charge is 2.11. The van der Waals surface area contributed by atoms with Gasteiger partial charge in [-0.15, -0.1) is 0 Å². The van der Waals surface area contributed by atoms with E-state index in [-0.39, 0.29) is 0 Å². The van der Waals surface area contributed by atoms with Gasteiger partial charge >= 0.3 is 0 Å². The second-order valence-corrected chi connectivity index (χ2v) is 6.03. The van der Waals surface area contributed by atoms with Crippen molar-refractivity contribution in [2.24, 2.45) is 0 Å². The van der Waals surface area contributed by atoms with Gasteiger partial charge in [-0.1, -0.05) is 23.7 Å². The maximum atomic E-state index is 6.04. The van der Waals surface area contributed by atoms with E-state index in [1.54, 1.807) is 13.2 Å². The second kappa shape index (κ2) is 9.01. The van der Waals surface area contributed by atoms with E-state index in [9.17, 15) is 0 Å². The van der Waals surface area contributed by atoms with Crippen molar-refractivity contribution in [3.8, 4) is 17.2 Å². The van der Waals surface area contributed by atoms with Crippen LogP contribution in [0.1, 0.15) is 5.56 Å². The number of para-hydroxylation sites is 1. The molecule has 6 heteroatoms. The number of rotatable bonds is 8. The lowest BCUT2D eigenvalue weighted by molar-refractivity contribution is 0.210. The first-order valence-corrected chi connectivity index (χ1v) is 8.34. The van der Waals surface area contributed by atoms with E-state index >= 15 is 0 Å². The van der Waals surface area contributed by atoms with Crippen LogP contribution in [0.2, 0.25) is 5.02 Å². The Morgan fingerprint density at radius 1 is 1.09 bits per heavy atom. The Balaban J connectivity index is 1.96. The fourth-order valence-electron chi connectivity index (χ4n) is 2.08. The number of ether oxygens (including phenoxy) is 3. The average Bonchev–Trinajstić information content (AvgIpc) is 2.54. The molecule has 0 atom stereocenters. The van der Waals surface area contributed by atoms with Crippen LogP contribution in [0.3, 0.4) is 0 Å². The van der Waals surface area contributed by atoms with Crippen molar-refractivity contribution >= 4 is 27.5 Å². The Morgan fingerprint density at radius 3 is 2.52 bits per heavy atom. The molecule has 2 rings (SSSR count). The van der Waals surface area contributed by atoms with Crippen molar-refractivity contribution in [2.45, 2.75) is 6.54 Å². The first kappa shape index (κ1) is 17.9. The predicted octanol–water partition coefficient (Wildman–Crippen LogP) is 4.29. The smallest absolute Gasteiger partial charge is 0.175 e. The van der Waals surface area contributed by atoms with Crippen LogP contribution in [-0.4, -0.2) is 27.4 Å². The number of methoxy groups -OCH3 is 1. The van der Waals surface area contributed by atoms with Gasteiger partial charge in [-0.25, -0.2) is 0 Å². The fraction of sp³-hybridized carbons (Fsp3) is 0.294. The monoisotopic (exact) mass is 399 g/mol. The van der Waals surface area contributed by atoms with E-state index in [2.05, 4.69) is 21.2 Å². The molecule has 0 radical (unpaired) electrons. The number of benzene rings is 2. The summed E-state index contributed by atoms with van der Waals surface area (Å²) in [4.78, 5) is 0. The summed E-state index contributed by atoms with van der Waals surface area (Å²) >= 11 is 9.56. The summed E-state index contributed by atoms with van der Waals surface area (Å²) in [6.07, 6.45) is 0. The molecule has 23 heavy (non-hydrogen) atoms. The van der Waals surface area contributed by atoms with Crippen LogP contribution in [0.25, 0.3) is 0 Å². The predicted molar refractivity (Wildman–Crippen MR) is 95.9 cm³/mol. The van der Waals surface area contributed by atoms with Crippen LogP contribution in [0, 0.1) is 0 Å². The van der Waals surface area contributed by atoms with Crippen molar-refractivity contribution in [3.63, 3.8) is 0 Å². The maximum Gasteiger partial charge on any atom is 0.175 e. The number of hydrogen-bond donors (Lipinski definition) is 1. The first-order chi connectivity index (χ1) is 11.2. The fourth-order valence-corrected chi connectivity index (χ4v) is 2.87. The summed E-state index contributed by atoms with van der Waals surface area (Å²) in [6, 6.07) is 11.3. The number of hydrogen-bond acceptors (Lipinski definition) is 4. The summed E-state index contributed by atoms with van der Waals surface area (Å²) in [6.45, 7) is 1.52. The lowest BCUT2D eigenvalue weighted by Crippen LogP contribution is -2.11. The van der Waals surface area contributed by atoms with Gasteiger partial charge in [0.15, 0.2) is 11.5 Å². The van der Waals surface area contributed by atoms with Gasteiger partial charge < -0.3 is 19.5 Å². The van der Waals surface area contributed by atoms with Gasteiger partial charge in [-0.3, -0.25) is 0 Å². The van der Waals surface area contributed by atoms with Crippen molar-refractivity contribution in [1.82, 2.24) is 5.32 Å². The third kappa shape index (κ3) is 5.03. The van der Waals surface area contributed by atoms with Crippen molar-refractivity contribution in [2.75, 3.05) is 27.4 Å². The molecule has 1 N–H and O–H groups in total. The zero-order valence-corrected chi connectivity index (χ0v) is 15.4. The molecule has 0 heterocycles. The first-order valence-electron chi connectivity index (χ1n) is 7.17. The van der Waals surface area contributed by atoms with E-state index in [0.717, 1.165) is 16.6 Å². The lowest BCUT2D eigenvalue weighted by Gasteiger charge is -2.15. The molecule has 0 fully saturated rings. The van der Waals surface area contributed by atoms with Gasteiger partial charge in [0.1, 0.15) is 19.0 Å². The van der Waals surface area contributed by atoms with Crippen LogP contribution in [0.5, 0.6) is 17.2 Å². The summed E-state index contributed by atoms with van der Waals surface area (Å²) in [7, 11) is 3.52. The topological polar surface area (TPSA) is 39.7 Å². The Morgan fingerprint density at radius 2 is 1.83 bits per heavy atom. The van der Waals surface area contributed by atoms with Gasteiger partial charge in [-0.2, -0.15) is 0 Å². The van der Waals surface area contributed by atoms with Crippen molar-refractivity contribution in [3.05, 3.63) is 51.5 Å². The molecule has 4 nitrogen and oxygen atoms in total. The molecular formula is C17H19BrClNO3. The SMILES string of the molecule is CNCc1cc(Br)c(OCCOc2ccccc2Cl)c(OC)c1. The molecule has 2 aromatic carbocycles. The highest BCUT2D eigenvalue weighted by atomic mass is 79.9. The molecule has 0 saturated heterocycles. The van der Waals surface area contributed by atoms with E-state index in [1.165, 1.54) is 0 Å². The standard InChI is InChI=1S/C17H19BrClNO3/c1-20-11-12-9-13(18)17(16(10-12)21-2)23-8-7-22-15-6-4-3-5-14(15)19/h3-6,9-10,20H,7-8,11H2,1-2H3. The third-order valence-corrected chi connectivity index (χ3v) is 4.00. The van der Waals surface area contributed by atoms with Crippen LogP contribution < -0.4 is 19.5 Å². The highest BCUT2D eigenvalue weighted by molar-refractivity contribution is 9.10. The normalized spacial score (nSPS) is 10.4. The number of nitrogens with one attached hydrogen (secondary N) is 1. The maximum absolute atomic E-state index is 6.04. The molecule has 0 bridgehead atoms. The van der Waals surface area contributed by atoms with Crippen LogP contribution in [-0.2, 0) is 6.54 Å². The van der Waals surface area contributed by atoms with E-state index in [4.69, 9.17) is 25.8 Å². The Labute approximate surface area is 149 Å². The molecule has 0 aliphatic carbocycles. The van der Waals surface area contributed by atoms with E-state index in [1.807, 2.05) is 37.4 Å². The number of halogens is 2.